The molecule has 1 saturated carbocycles. The number of rotatable bonds is 7. The molecular weight excluding hydrogens is 300 g/mol. The average molecular weight is 330 g/mol. The normalized spacial score (nSPS) is 21.6. The topological polar surface area (TPSA) is 20.2 Å². The smallest absolute Gasteiger partial charge is 1.00 e. The zero-order chi connectivity index (χ0) is 12.4. The molecule has 0 aliphatic heterocycles. The summed E-state index contributed by atoms with van der Waals surface area (Å²) in [7, 11) is 0. The van der Waals surface area contributed by atoms with E-state index in [-0.39, 0.29) is 46.1 Å². The van der Waals surface area contributed by atoms with E-state index in [9.17, 15) is 5.11 Å². The molecule has 0 aromatic rings. The van der Waals surface area contributed by atoms with Gasteiger partial charge in [0.1, 0.15) is 0 Å². The molecule has 18 heavy (non-hydrogen) atoms. The largest absolute Gasteiger partial charge is 2.00 e. The van der Waals surface area contributed by atoms with Crippen molar-refractivity contribution in [3.05, 3.63) is 12.7 Å². The van der Waals surface area contributed by atoms with Gasteiger partial charge >= 0.3 is 23.1 Å². The molecule has 3 heteroatoms. The van der Waals surface area contributed by atoms with E-state index < -0.39 is 0 Å². The number of hydrogen-bond acceptors (Lipinski definition) is 1. The summed E-state index contributed by atoms with van der Waals surface area (Å²) in [6.45, 7) is 11.0. The second-order valence-electron chi connectivity index (χ2n) is 4.98. The maximum Gasteiger partial charge on any atom is 2.00 e. The van der Waals surface area contributed by atoms with E-state index in [4.69, 9.17) is 6.58 Å². The predicted molar refractivity (Wildman–Crippen MR) is 77.0 cm³/mol. The van der Waals surface area contributed by atoms with Crippen LogP contribution in [0.15, 0.2) is 6.08 Å². The van der Waals surface area contributed by atoms with Crippen molar-refractivity contribution in [2.24, 2.45) is 11.8 Å². The molecule has 0 unspecified atom stereocenters. The van der Waals surface area contributed by atoms with Crippen LogP contribution in [0.2, 0.25) is 0 Å². The molecule has 1 nitrogen and oxygen atoms in total. The standard InChI is InChI=1S/C12H24O.C3H5.BrH.Mg/c1-3-4-5-6-7-8-12(13)11-9-10(11)2;1-3-2;;/h10-13H,3-9H2,1-2H3;1,3H,2H3;1H;/q;-1;;+2/p-1/t10-,11-,12-;;;/m1.../s1. The van der Waals surface area contributed by atoms with Crippen molar-refractivity contribution in [3.63, 3.8) is 0 Å². The van der Waals surface area contributed by atoms with Crippen LogP contribution in [0.25, 0.3) is 0 Å². The summed E-state index contributed by atoms with van der Waals surface area (Å²) in [4.78, 5) is 0. The number of allylic oxidation sites excluding steroid dienone is 1. The van der Waals surface area contributed by atoms with Crippen molar-refractivity contribution < 1.29 is 22.1 Å². The van der Waals surface area contributed by atoms with E-state index in [1.807, 2.05) is 0 Å². The molecule has 0 spiro atoms. The van der Waals surface area contributed by atoms with Crippen molar-refractivity contribution in [2.45, 2.75) is 71.8 Å². The molecular formula is C15H29BrMgO. The minimum absolute atomic E-state index is 0. The van der Waals surface area contributed by atoms with Crippen LogP contribution in [0.1, 0.15) is 65.7 Å². The monoisotopic (exact) mass is 328 g/mol. The van der Waals surface area contributed by atoms with Crippen LogP contribution in [-0.4, -0.2) is 34.3 Å². The van der Waals surface area contributed by atoms with Gasteiger partial charge in [-0.1, -0.05) is 52.9 Å². The van der Waals surface area contributed by atoms with Crippen LogP contribution in [0, 0.1) is 18.4 Å². The molecule has 0 bridgehead atoms. The molecule has 0 amide bonds. The van der Waals surface area contributed by atoms with Crippen molar-refractivity contribution in [1.82, 2.24) is 0 Å². The van der Waals surface area contributed by atoms with Crippen molar-refractivity contribution >= 4 is 23.1 Å². The Morgan fingerprint density at radius 3 is 2.11 bits per heavy atom. The van der Waals surface area contributed by atoms with E-state index in [1.54, 1.807) is 6.92 Å². The zero-order valence-corrected chi connectivity index (χ0v) is 15.4. The van der Waals surface area contributed by atoms with Gasteiger partial charge in [0.15, 0.2) is 0 Å². The summed E-state index contributed by atoms with van der Waals surface area (Å²) in [5.41, 5.74) is 0. The van der Waals surface area contributed by atoms with Crippen LogP contribution < -0.4 is 17.0 Å². The molecule has 0 aromatic heterocycles. The third-order valence-corrected chi connectivity index (χ3v) is 3.27. The van der Waals surface area contributed by atoms with Gasteiger partial charge in [-0.15, -0.1) is 0 Å². The number of aliphatic hydroxyl groups is 1. The van der Waals surface area contributed by atoms with Crippen molar-refractivity contribution in [2.75, 3.05) is 0 Å². The Kier molecular flexibility index (Phi) is 21.3. The number of hydrogen-bond donors (Lipinski definition) is 1. The summed E-state index contributed by atoms with van der Waals surface area (Å²) in [5.74, 6) is 1.44. The minimum Gasteiger partial charge on any atom is -1.00 e. The third-order valence-electron chi connectivity index (χ3n) is 3.27. The zero-order valence-electron chi connectivity index (χ0n) is 12.4. The first kappa shape index (κ1) is 24.0. The molecule has 1 aliphatic rings. The Labute approximate surface area is 141 Å². The Bertz CT molecular complexity index is 176. The molecule has 0 heterocycles. The van der Waals surface area contributed by atoms with Crippen molar-refractivity contribution in [3.8, 4) is 0 Å². The Morgan fingerprint density at radius 2 is 1.72 bits per heavy atom. The Balaban J connectivity index is -0.000000410. The van der Waals surface area contributed by atoms with Crippen LogP contribution in [-0.2, 0) is 0 Å². The summed E-state index contributed by atoms with van der Waals surface area (Å²) < 4.78 is 0. The second kappa shape index (κ2) is 16.0. The fourth-order valence-corrected chi connectivity index (χ4v) is 2.06. The number of halogens is 1. The molecule has 0 radical (unpaired) electrons. The van der Waals surface area contributed by atoms with Crippen LogP contribution >= 0.6 is 0 Å². The van der Waals surface area contributed by atoms with E-state index >= 15 is 0 Å². The number of aliphatic hydroxyl groups excluding tert-OH is 1. The van der Waals surface area contributed by atoms with Gasteiger partial charge in [0.2, 0.25) is 0 Å². The predicted octanol–water partition coefficient (Wildman–Crippen LogP) is 0.982. The fraction of sp³-hybridized carbons (Fsp3) is 0.867. The molecule has 1 fully saturated rings. The van der Waals surface area contributed by atoms with E-state index in [1.165, 1.54) is 44.6 Å². The van der Waals surface area contributed by atoms with Gasteiger partial charge in [-0.05, 0) is 24.7 Å². The van der Waals surface area contributed by atoms with Gasteiger partial charge in [0.25, 0.3) is 0 Å². The molecule has 0 aromatic carbocycles. The minimum atomic E-state index is 0. The SMILES string of the molecule is CCCCCCC[C@@H](O)[C@@H]1C[C@H]1C.[Br-].[CH-]=CC.[Mg+2]. The van der Waals surface area contributed by atoms with E-state index in [0.717, 1.165) is 12.3 Å². The van der Waals surface area contributed by atoms with Gasteiger partial charge in [-0.3, -0.25) is 6.08 Å². The molecule has 104 valence electrons. The summed E-state index contributed by atoms with van der Waals surface area (Å²) in [6.07, 6.45) is 10.4. The quantitative estimate of drug-likeness (QED) is 0.419. The summed E-state index contributed by atoms with van der Waals surface area (Å²) in [6, 6.07) is 0. The van der Waals surface area contributed by atoms with Crippen LogP contribution in [0.3, 0.4) is 0 Å². The second-order valence-corrected chi connectivity index (χ2v) is 4.98. The van der Waals surface area contributed by atoms with Crippen LogP contribution in [0.5, 0.6) is 0 Å². The maximum absolute atomic E-state index is 9.72. The fourth-order valence-electron chi connectivity index (χ4n) is 2.06. The van der Waals surface area contributed by atoms with Gasteiger partial charge in [-0.2, -0.15) is 0 Å². The Morgan fingerprint density at radius 1 is 1.28 bits per heavy atom. The summed E-state index contributed by atoms with van der Waals surface area (Å²) >= 11 is 0. The molecule has 1 aliphatic carbocycles. The van der Waals surface area contributed by atoms with Gasteiger partial charge < -0.3 is 28.7 Å². The average Bonchev–Trinajstić information content (AvgIpc) is 2.96. The van der Waals surface area contributed by atoms with Gasteiger partial charge in [0.05, 0.1) is 6.10 Å². The first-order valence-electron chi connectivity index (χ1n) is 6.84. The van der Waals surface area contributed by atoms with Crippen LogP contribution in [0.4, 0.5) is 0 Å². The first-order chi connectivity index (χ1) is 7.67. The molecule has 3 atom stereocenters. The molecule has 0 saturated heterocycles. The van der Waals surface area contributed by atoms with Gasteiger partial charge in [-0.25, -0.2) is 0 Å². The van der Waals surface area contributed by atoms with E-state index in [2.05, 4.69) is 13.8 Å². The number of unbranched alkanes of at least 4 members (excludes halogenated alkanes) is 4. The summed E-state index contributed by atoms with van der Waals surface area (Å²) in [5, 5.41) is 9.72. The Hall–Kier alpha value is 0.946. The van der Waals surface area contributed by atoms with Gasteiger partial charge in [0, 0.05) is 0 Å². The first-order valence-corrected chi connectivity index (χ1v) is 6.84. The molecule has 1 N–H and O–H groups in total. The maximum atomic E-state index is 9.72. The van der Waals surface area contributed by atoms with E-state index in [0.29, 0.717) is 5.92 Å². The van der Waals surface area contributed by atoms with Crippen molar-refractivity contribution in [1.29, 1.82) is 0 Å². The molecule has 1 rings (SSSR count). The third kappa shape index (κ3) is 13.4.